The third-order valence-corrected chi connectivity index (χ3v) is 3.91. The second-order valence-electron chi connectivity index (χ2n) is 4.16. The summed E-state index contributed by atoms with van der Waals surface area (Å²) in [7, 11) is 1.59. The van der Waals surface area contributed by atoms with E-state index in [0.717, 1.165) is 10.0 Å². The molecule has 0 aliphatic rings. The van der Waals surface area contributed by atoms with E-state index in [2.05, 4.69) is 21.4 Å². The summed E-state index contributed by atoms with van der Waals surface area (Å²) in [5, 5.41) is 0.446. The molecule has 0 saturated heterocycles. The Morgan fingerprint density at radius 2 is 2.05 bits per heavy atom. The van der Waals surface area contributed by atoms with Gasteiger partial charge in [-0.2, -0.15) is 0 Å². The fraction of sp³-hybridized carbons (Fsp3) is 0.143. The molecule has 3 nitrogen and oxygen atoms in total. The van der Waals surface area contributed by atoms with Gasteiger partial charge in [0.1, 0.15) is 11.6 Å². The molecule has 0 saturated carbocycles. The molecule has 0 aliphatic carbocycles. The van der Waals surface area contributed by atoms with Gasteiger partial charge in [-0.05, 0) is 57.4 Å². The molecular formula is C14H13BrClFN2O. The van der Waals surface area contributed by atoms with Gasteiger partial charge in [0.15, 0.2) is 0 Å². The summed E-state index contributed by atoms with van der Waals surface area (Å²) >= 11 is 9.53. The number of methoxy groups -OCH3 is 1. The maximum atomic E-state index is 13.4. The van der Waals surface area contributed by atoms with Crippen molar-refractivity contribution in [2.24, 2.45) is 5.84 Å². The van der Waals surface area contributed by atoms with Crippen molar-refractivity contribution in [3.8, 4) is 5.75 Å². The van der Waals surface area contributed by atoms with E-state index >= 15 is 0 Å². The van der Waals surface area contributed by atoms with Crippen molar-refractivity contribution in [1.29, 1.82) is 0 Å². The fourth-order valence-electron chi connectivity index (χ4n) is 1.96. The fourth-order valence-corrected chi connectivity index (χ4v) is 2.75. The third-order valence-electron chi connectivity index (χ3n) is 2.94. The minimum Gasteiger partial charge on any atom is -0.496 e. The number of hydrazine groups is 1. The molecule has 20 heavy (non-hydrogen) atoms. The summed E-state index contributed by atoms with van der Waals surface area (Å²) in [4.78, 5) is 0. The van der Waals surface area contributed by atoms with Gasteiger partial charge < -0.3 is 4.74 Å². The molecule has 0 aliphatic heterocycles. The highest BCUT2D eigenvalue weighted by Gasteiger charge is 2.17. The van der Waals surface area contributed by atoms with E-state index in [4.69, 9.17) is 22.2 Å². The Kier molecular flexibility index (Phi) is 4.99. The molecule has 1 atom stereocenters. The van der Waals surface area contributed by atoms with Crippen LogP contribution in [0.15, 0.2) is 40.9 Å². The molecule has 3 N–H and O–H groups in total. The van der Waals surface area contributed by atoms with E-state index in [1.165, 1.54) is 18.2 Å². The molecule has 2 rings (SSSR count). The van der Waals surface area contributed by atoms with Crippen LogP contribution in [0.5, 0.6) is 5.75 Å². The largest absolute Gasteiger partial charge is 0.496 e. The van der Waals surface area contributed by atoms with E-state index < -0.39 is 6.04 Å². The molecule has 106 valence electrons. The average Bonchev–Trinajstić information content (AvgIpc) is 2.44. The van der Waals surface area contributed by atoms with Crippen molar-refractivity contribution in [3.05, 3.63) is 62.8 Å². The maximum absolute atomic E-state index is 13.4. The van der Waals surface area contributed by atoms with Gasteiger partial charge in [0, 0.05) is 5.02 Å². The lowest BCUT2D eigenvalue weighted by Crippen LogP contribution is -2.29. The zero-order chi connectivity index (χ0) is 14.7. The summed E-state index contributed by atoms with van der Waals surface area (Å²) in [6, 6.07) is 9.26. The predicted molar refractivity (Wildman–Crippen MR) is 81.3 cm³/mol. The minimum absolute atomic E-state index is 0.364. The van der Waals surface area contributed by atoms with Crippen LogP contribution in [-0.4, -0.2) is 7.11 Å². The number of halogens is 3. The summed E-state index contributed by atoms with van der Waals surface area (Å²) in [6.45, 7) is 0. The summed E-state index contributed by atoms with van der Waals surface area (Å²) in [5.41, 5.74) is 4.07. The average molecular weight is 360 g/mol. The van der Waals surface area contributed by atoms with Gasteiger partial charge in [0.05, 0.1) is 17.6 Å². The number of benzene rings is 2. The van der Waals surface area contributed by atoms with E-state index in [0.29, 0.717) is 16.3 Å². The van der Waals surface area contributed by atoms with E-state index in [9.17, 15) is 4.39 Å². The van der Waals surface area contributed by atoms with E-state index in [1.807, 2.05) is 12.1 Å². The van der Waals surface area contributed by atoms with Crippen molar-refractivity contribution in [2.45, 2.75) is 6.04 Å². The van der Waals surface area contributed by atoms with Crippen molar-refractivity contribution in [3.63, 3.8) is 0 Å². The van der Waals surface area contributed by atoms with Crippen LogP contribution in [0.4, 0.5) is 4.39 Å². The first-order chi connectivity index (χ1) is 9.56. The molecule has 0 heterocycles. The second-order valence-corrected chi connectivity index (χ2v) is 5.42. The summed E-state index contributed by atoms with van der Waals surface area (Å²) in [5.74, 6) is 5.94. The molecule has 2 aromatic rings. The summed E-state index contributed by atoms with van der Waals surface area (Å²) < 4.78 is 19.4. The maximum Gasteiger partial charge on any atom is 0.133 e. The lowest BCUT2D eigenvalue weighted by Gasteiger charge is -2.19. The molecule has 0 amide bonds. The topological polar surface area (TPSA) is 47.3 Å². The SMILES string of the molecule is COc1ccc(C(NN)c2cc(F)ccc2Cl)cc1Br. The van der Waals surface area contributed by atoms with Gasteiger partial charge in [-0.25, -0.2) is 9.82 Å². The number of rotatable bonds is 4. The van der Waals surface area contributed by atoms with Gasteiger partial charge in [-0.1, -0.05) is 17.7 Å². The van der Waals surface area contributed by atoms with Gasteiger partial charge in [-0.3, -0.25) is 5.84 Å². The van der Waals surface area contributed by atoms with Crippen molar-refractivity contribution >= 4 is 27.5 Å². The molecule has 6 heteroatoms. The Balaban J connectivity index is 2.46. The third kappa shape index (κ3) is 3.12. The van der Waals surface area contributed by atoms with Gasteiger partial charge in [0.25, 0.3) is 0 Å². The standard InChI is InChI=1S/C14H13BrClFN2O/c1-20-13-5-2-8(6-11(13)15)14(19-18)10-7-9(17)3-4-12(10)16/h2-7,14,19H,18H2,1H3. The predicted octanol–water partition coefficient (Wildman–Crippen LogP) is 3.80. The molecule has 1 unspecified atom stereocenters. The summed E-state index contributed by atoms with van der Waals surface area (Å²) in [6.07, 6.45) is 0. The van der Waals surface area contributed by atoms with Gasteiger partial charge in [0.2, 0.25) is 0 Å². The van der Waals surface area contributed by atoms with Crippen LogP contribution in [0.2, 0.25) is 5.02 Å². The number of hydrogen-bond donors (Lipinski definition) is 2. The number of nitrogens with one attached hydrogen (secondary N) is 1. The Bertz CT molecular complexity index is 624. The van der Waals surface area contributed by atoms with Gasteiger partial charge >= 0.3 is 0 Å². The van der Waals surface area contributed by atoms with Crippen LogP contribution in [0.25, 0.3) is 0 Å². The molecule has 0 fully saturated rings. The van der Waals surface area contributed by atoms with Crippen LogP contribution in [0, 0.1) is 5.82 Å². The van der Waals surface area contributed by atoms with Crippen LogP contribution < -0.4 is 16.0 Å². The lowest BCUT2D eigenvalue weighted by molar-refractivity contribution is 0.411. The van der Waals surface area contributed by atoms with Crippen LogP contribution in [0.3, 0.4) is 0 Å². The molecule has 2 aromatic carbocycles. The molecule has 0 spiro atoms. The van der Waals surface area contributed by atoms with Gasteiger partial charge in [-0.15, -0.1) is 0 Å². The highest BCUT2D eigenvalue weighted by Crippen LogP contribution is 2.33. The first-order valence-electron chi connectivity index (χ1n) is 5.81. The monoisotopic (exact) mass is 358 g/mol. The zero-order valence-corrected chi connectivity index (χ0v) is 13.0. The van der Waals surface area contributed by atoms with Crippen molar-refractivity contribution in [1.82, 2.24) is 5.43 Å². The number of ether oxygens (including phenoxy) is 1. The zero-order valence-electron chi connectivity index (χ0n) is 10.7. The molecule has 0 bridgehead atoms. The smallest absolute Gasteiger partial charge is 0.133 e. The molecule has 0 aromatic heterocycles. The highest BCUT2D eigenvalue weighted by atomic mass is 79.9. The lowest BCUT2D eigenvalue weighted by atomic mass is 9.99. The van der Waals surface area contributed by atoms with E-state index in [1.54, 1.807) is 13.2 Å². The van der Waals surface area contributed by atoms with E-state index in [-0.39, 0.29) is 5.82 Å². The van der Waals surface area contributed by atoms with Crippen molar-refractivity contribution in [2.75, 3.05) is 7.11 Å². The van der Waals surface area contributed by atoms with Crippen LogP contribution in [-0.2, 0) is 0 Å². The van der Waals surface area contributed by atoms with Crippen molar-refractivity contribution < 1.29 is 9.13 Å². The molecule has 0 radical (unpaired) electrons. The highest BCUT2D eigenvalue weighted by molar-refractivity contribution is 9.10. The first kappa shape index (κ1) is 15.3. The Morgan fingerprint density at radius 1 is 1.30 bits per heavy atom. The quantitative estimate of drug-likeness (QED) is 0.645. The van der Waals surface area contributed by atoms with Crippen LogP contribution in [0.1, 0.15) is 17.2 Å². The Hall–Kier alpha value is -1.14. The minimum atomic E-state index is -0.416. The Morgan fingerprint density at radius 3 is 2.65 bits per heavy atom. The first-order valence-corrected chi connectivity index (χ1v) is 6.98. The number of nitrogens with two attached hydrogens (primary N) is 1. The normalized spacial score (nSPS) is 12.2. The molecular weight excluding hydrogens is 347 g/mol. The van der Waals surface area contributed by atoms with Crippen LogP contribution >= 0.6 is 27.5 Å². The second kappa shape index (κ2) is 6.54. The number of hydrogen-bond acceptors (Lipinski definition) is 3. The Labute approximate surface area is 130 Å².